The number of likely N-dealkylation sites (N-methyl/N-ethyl adjacent to an activating group) is 1. The maximum atomic E-state index is 4.37. The highest BCUT2D eigenvalue weighted by molar-refractivity contribution is 5.76. The molecule has 0 bridgehead atoms. The number of nitrogens with zero attached hydrogens (tertiary/aromatic N) is 4. The van der Waals surface area contributed by atoms with E-state index in [4.69, 9.17) is 0 Å². The number of para-hydroxylation sites is 1. The highest BCUT2D eigenvalue weighted by atomic mass is 15.2. The summed E-state index contributed by atoms with van der Waals surface area (Å²) in [6.45, 7) is 4.35. The highest BCUT2D eigenvalue weighted by Crippen LogP contribution is 2.29. The van der Waals surface area contributed by atoms with Gasteiger partial charge in [-0.25, -0.2) is 9.97 Å². The summed E-state index contributed by atoms with van der Waals surface area (Å²) < 4.78 is 0. The third kappa shape index (κ3) is 2.58. The molecule has 0 saturated carbocycles. The third-order valence-electron chi connectivity index (χ3n) is 3.61. The van der Waals surface area contributed by atoms with Crippen LogP contribution in [0.25, 0.3) is 11.3 Å². The van der Waals surface area contributed by atoms with Gasteiger partial charge in [-0.05, 0) is 19.2 Å². The third-order valence-corrected chi connectivity index (χ3v) is 3.61. The minimum atomic E-state index is 0.990. The molecule has 0 atom stereocenters. The van der Waals surface area contributed by atoms with E-state index in [9.17, 15) is 0 Å². The van der Waals surface area contributed by atoms with E-state index in [1.54, 1.807) is 12.5 Å². The average Bonchev–Trinajstić information content (AvgIpc) is 2.49. The van der Waals surface area contributed by atoms with Gasteiger partial charge in [0.2, 0.25) is 0 Å². The summed E-state index contributed by atoms with van der Waals surface area (Å²) in [5, 5.41) is 0. The van der Waals surface area contributed by atoms with Crippen LogP contribution in [-0.2, 0) is 0 Å². The first kappa shape index (κ1) is 12.1. The fourth-order valence-electron chi connectivity index (χ4n) is 2.46. The zero-order valence-electron chi connectivity index (χ0n) is 11.2. The Labute approximate surface area is 113 Å². The Morgan fingerprint density at radius 2 is 1.79 bits per heavy atom. The Morgan fingerprint density at radius 3 is 2.53 bits per heavy atom. The number of hydrogen-bond acceptors (Lipinski definition) is 4. The molecule has 0 N–H and O–H groups in total. The van der Waals surface area contributed by atoms with E-state index in [-0.39, 0.29) is 0 Å². The molecule has 3 rings (SSSR count). The molecule has 0 radical (unpaired) electrons. The molecular weight excluding hydrogens is 236 g/mol. The van der Waals surface area contributed by atoms with Crippen LogP contribution in [0.3, 0.4) is 0 Å². The molecule has 0 amide bonds. The minimum Gasteiger partial charge on any atom is -0.368 e. The van der Waals surface area contributed by atoms with Gasteiger partial charge in [0.25, 0.3) is 0 Å². The number of anilines is 1. The lowest BCUT2D eigenvalue weighted by Gasteiger charge is -2.35. The van der Waals surface area contributed by atoms with E-state index < -0.39 is 0 Å². The van der Waals surface area contributed by atoms with Crippen LogP contribution in [0, 0.1) is 0 Å². The quantitative estimate of drug-likeness (QED) is 0.819. The van der Waals surface area contributed by atoms with Crippen molar-refractivity contribution in [3.8, 4) is 11.3 Å². The summed E-state index contributed by atoms with van der Waals surface area (Å²) in [7, 11) is 2.17. The van der Waals surface area contributed by atoms with Crippen molar-refractivity contribution in [1.82, 2.24) is 14.9 Å². The highest BCUT2D eigenvalue weighted by Gasteiger charge is 2.17. The smallest absolute Gasteiger partial charge is 0.116 e. The molecule has 0 aliphatic carbocycles. The van der Waals surface area contributed by atoms with Gasteiger partial charge in [0, 0.05) is 43.6 Å². The maximum Gasteiger partial charge on any atom is 0.116 e. The molecule has 2 heterocycles. The van der Waals surface area contributed by atoms with E-state index in [1.165, 1.54) is 11.3 Å². The van der Waals surface area contributed by atoms with Crippen LogP contribution in [0.5, 0.6) is 0 Å². The Kier molecular flexibility index (Phi) is 3.42. The van der Waals surface area contributed by atoms with Gasteiger partial charge in [0.05, 0.1) is 5.69 Å². The van der Waals surface area contributed by atoms with Gasteiger partial charge in [0.15, 0.2) is 0 Å². The van der Waals surface area contributed by atoms with Crippen molar-refractivity contribution >= 4 is 5.69 Å². The topological polar surface area (TPSA) is 32.3 Å². The largest absolute Gasteiger partial charge is 0.368 e. The standard InChI is InChI=1S/C15H18N4/c1-18-8-10-19(11-9-18)15-5-3-2-4-13(15)14-6-7-16-12-17-14/h2-7,12H,8-11H2,1H3. The van der Waals surface area contributed by atoms with Crippen molar-refractivity contribution in [1.29, 1.82) is 0 Å². The molecule has 1 saturated heterocycles. The predicted molar refractivity (Wildman–Crippen MR) is 77.2 cm³/mol. The summed E-state index contributed by atoms with van der Waals surface area (Å²) >= 11 is 0. The molecule has 1 aliphatic heterocycles. The van der Waals surface area contributed by atoms with Crippen molar-refractivity contribution in [2.75, 3.05) is 38.1 Å². The van der Waals surface area contributed by atoms with Gasteiger partial charge >= 0.3 is 0 Å². The van der Waals surface area contributed by atoms with E-state index in [0.29, 0.717) is 0 Å². The Morgan fingerprint density at radius 1 is 1.00 bits per heavy atom. The second-order valence-corrected chi connectivity index (χ2v) is 4.90. The monoisotopic (exact) mass is 254 g/mol. The van der Waals surface area contributed by atoms with Gasteiger partial charge in [0.1, 0.15) is 6.33 Å². The van der Waals surface area contributed by atoms with E-state index in [1.807, 2.05) is 6.07 Å². The molecule has 98 valence electrons. The molecule has 1 aliphatic rings. The summed E-state index contributed by atoms with van der Waals surface area (Å²) in [4.78, 5) is 13.2. The Bertz CT molecular complexity index is 533. The number of hydrogen-bond donors (Lipinski definition) is 0. The van der Waals surface area contributed by atoms with Crippen molar-refractivity contribution in [3.05, 3.63) is 42.9 Å². The van der Waals surface area contributed by atoms with Gasteiger partial charge in [-0.1, -0.05) is 18.2 Å². The zero-order valence-corrected chi connectivity index (χ0v) is 11.2. The zero-order chi connectivity index (χ0) is 13.1. The first-order chi connectivity index (χ1) is 9.34. The molecule has 1 aromatic carbocycles. The van der Waals surface area contributed by atoms with Gasteiger partial charge < -0.3 is 9.80 Å². The molecule has 0 unspecified atom stereocenters. The van der Waals surface area contributed by atoms with Crippen LogP contribution in [0.15, 0.2) is 42.9 Å². The molecule has 4 nitrogen and oxygen atoms in total. The van der Waals surface area contributed by atoms with Crippen LogP contribution in [0.2, 0.25) is 0 Å². The predicted octanol–water partition coefficient (Wildman–Crippen LogP) is 1.90. The number of aromatic nitrogens is 2. The normalized spacial score (nSPS) is 16.6. The fourth-order valence-corrected chi connectivity index (χ4v) is 2.46. The second-order valence-electron chi connectivity index (χ2n) is 4.90. The van der Waals surface area contributed by atoms with Crippen molar-refractivity contribution in [2.24, 2.45) is 0 Å². The first-order valence-corrected chi connectivity index (χ1v) is 6.63. The summed E-state index contributed by atoms with van der Waals surface area (Å²) in [6, 6.07) is 10.4. The Hall–Kier alpha value is -1.94. The van der Waals surface area contributed by atoms with Gasteiger partial charge in [-0.3, -0.25) is 0 Å². The van der Waals surface area contributed by atoms with Crippen molar-refractivity contribution in [2.45, 2.75) is 0 Å². The maximum absolute atomic E-state index is 4.37. The van der Waals surface area contributed by atoms with E-state index >= 15 is 0 Å². The van der Waals surface area contributed by atoms with Crippen LogP contribution in [0.4, 0.5) is 5.69 Å². The first-order valence-electron chi connectivity index (χ1n) is 6.63. The summed E-state index contributed by atoms with van der Waals surface area (Å²) in [5.41, 5.74) is 3.45. The number of piperazine rings is 1. The number of benzene rings is 1. The van der Waals surface area contributed by atoms with Gasteiger partial charge in [-0.15, -0.1) is 0 Å². The molecule has 0 spiro atoms. The SMILES string of the molecule is CN1CCN(c2ccccc2-c2ccncn2)CC1. The second kappa shape index (κ2) is 5.36. The molecule has 4 heteroatoms. The Balaban J connectivity index is 1.94. The molecule has 2 aromatic rings. The van der Waals surface area contributed by atoms with Gasteiger partial charge in [-0.2, -0.15) is 0 Å². The minimum absolute atomic E-state index is 0.990. The molecular formula is C15H18N4. The average molecular weight is 254 g/mol. The van der Waals surface area contributed by atoms with Crippen LogP contribution in [-0.4, -0.2) is 48.1 Å². The lowest BCUT2D eigenvalue weighted by Crippen LogP contribution is -2.44. The lowest BCUT2D eigenvalue weighted by molar-refractivity contribution is 0.313. The lowest BCUT2D eigenvalue weighted by atomic mass is 10.1. The molecule has 1 fully saturated rings. The van der Waals surface area contributed by atoms with E-state index in [0.717, 1.165) is 31.9 Å². The van der Waals surface area contributed by atoms with Crippen LogP contribution in [0.1, 0.15) is 0 Å². The van der Waals surface area contributed by atoms with Crippen LogP contribution < -0.4 is 4.90 Å². The summed E-state index contributed by atoms with van der Waals surface area (Å²) in [6.07, 6.45) is 3.40. The van der Waals surface area contributed by atoms with Crippen molar-refractivity contribution in [3.63, 3.8) is 0 Å². The molecule has 19 heavy (non-hydrogen) atoms. The van der Waals surface area contributed by atoms with Crippen molar-refractivity contribution < 1.29 is 0 Å². The fraction of sp³-hybridized carbons (Fsp3) is 0.333. The van der Waals surface area contributed by atoms with Crippen LogP contribution >= 0.6 is 0 Å². The number of rotatable bonds is 2. The summed E-state index contributed by atoms with van der Waals surface area (Å²) in [5.74, 6) is 0. The molecule has 1 aromatic heterocycles. The van der Waals surface area contributed by atoms with E-state index in [2.05, 4.69) is 51.1 Å².